The van der Waals surface area contributed by atoms with Gasteiger partial charge in [0.15, 0.2) is 0 Å². The van der Waals surface area contributed by atoms with Crippen LogP contribution in [0.15, 0.2) is 18.2 Å². The molecule has 19 heavy (non-hydrogen) atoms. The summed E-state index contributed by atoms with van der Waals surface area (Å²) in [5.74, 6) is -0.127. The summed E-state index contributed by atoms with van der Waals surface area (Å²) in [6.07, 6.45) is 3.67. The number of hydrogen-bond acceptors (Lipinski definition) is 2. The van der Waals surface area contributed by atoms with E-state index in [1.54, 1.807) is 12.1 Å². The van der Waals surface area contributed by atoms with E-state index in [-0.39, 0.29) is 5.82 Å². The van der Waals surface area contributed by atoms with E-state index >= 15 is 0 Å². The lowest BCUT2D eigenvalue weighted by Crippen LogP contribution is -2.45. The van der Waals surface area contributed by atoms with Crippen LogP contribution in [0.5, 0.6) is 0 Å². The Balaban J connectivity index is 1.93. The fourth-order valence-corrected chi connectivity index (χ4v) is 2.77. The van der Waals surface area contributed by atoms with Crippen LogP contribution >= 0.6 is 0 Å². The monoisotopic (exact) mass is 264 g/mol. The van der Waals surface area contributed by atoms with Crippen molar-refractivity contribution < 1.29 is 4.39 Å². The molecule has 0 spiro atoms. The van der Waals surface area contributed by atoms with Gasteiger partial charge in [-0.2, -0.15) is 0 Å². The van der Waals surface area contributed by atoms with Gasteiger partial charge in [-0.05, 0) is 62.5 Å². The molecule has 0 aromatic heterocycles. The van der Waals surface area contributed by atoms with Crippen molar-refractivity contribution in [2.75, 3.05) is 19.6 Å². The van der Waals surface area contributed by atoms with E-state index in [1.165, 1.54) is 24.8 Å². The summed E-state index contributed by atoms with van der Waals surface area (Å²) < 4.78 is 13.3. The SMILES string of the molecule is CCCNC1CCCN(Cc2cc(F)ccc2C)C1. The highest BCUT2D eigenvalue weighted by Gasteiger charge is 2.19. The van der Waals surface area contributed by atoms with Gasteiger partial charge in [-0.3, -0.25) is 4.90 Å². The van der Waals surface area contributed by atoms with Gasteiger partial charge in [0.25, 0.3) is 0 Å². The van der Waals surface area contributed by atoms with Crippen molar-refractivity contribution in [3.8, 4) is 0 Å². The Kier molecular flexibility index (Phi) is 5.34. The van der Waals surface area contributed by atoms with Crippen molar-refractivity contribution in [1.29, 1.82) is 0 Å². The maximum Gasteiger partial charge on any atom is 0.123 e. The normalized spacial score (nSPS) is 20.7. The number of rotatable bonds is 5. The number of hydrogen-bond donors (Lipinski definition) is 1. The van der Waals surface area contributed by atoms with Crippen molar-refractivity contribution in [2.24, 2.45) is 0 Å². The van der Waals surface area contributed by atoms with Gasteiger partial charge in [0.1, 0.15) is 5.82 Å². The minimum Gasteiger partial charge on any atom is -0.313 e. The summed E-state index contributed by atoms with van der Waals surface area (Å²) in [6, 6.07) is 5.70. The average Bonchev–Trinajstić information content (AvgIpc) is 2.41. The zero-order valence-corrected chi connectivity index (χ0v) is 12.1. The van der Waals surface area contributed by atoms with Crippen LogP contribution in [-0.4, -0.2) is 30.6 Å². The maximum absolute atomic E-state index is 13.3. The minimum absolute atomic E-state index is 0.127. The fourth-order valence-electron chi connectivity index (χ4n) is 2.77. The molecule has 1 unspecified atom stereocenters. The van der Waals surface area contributed by atoms with E-state index in [9.17, 15) is 4.39 Å². The second kappa shape index (κ2) is 7.01. The minimum atomic E-state index is -0.127. The van der Waals surface area contributed by atoms with Gasteiger partial charge in [-0.15, -0.1) is 0 Å². The molecule has 1 N–H and O–H groups in total. The molecule has 1 saturated heterocycles. The van der Waals surface area contributed by atoms with Crippen LogP contribution in [0, 0.1) is 12.7 Å². The number of likely N-dealkylation sites (tertiary alicyclic amines) is 1. The number of aryl methyl sites for hydroxylation is 1. The van der Waals surface area contributed by atoms with Crippen LogP contribution in [0.25, 0.3) is 0 Å². The molecule has 1 aromatic rings. The van der Waals surface area contributed by atoms with Crippen LogP contribution < -0.4 is 5.32 Å². The molecule has 106 valence electrons. The lowest BCUT2D eigenvalue weighted by atomic mass is 10.0. The highest BCUT2D eigenvalue weighted by molar-refractivity contribution is 5.26. The highest BCUT2D eigenvalue weighted by atomic mass is 19.1. The summed E-state index contributed by atoms with van der Waals surface area (Å²) in [6.45, 7) is 8.43. The predicted octanol–water partition coefficient (Wildman–Crippen LogP) is 3.10. The van der Waals surface area contributed by atoms with E-state index in [2.05, 4.69) is 24.1 Å². The Morgan fingerprint density at radius 3 is 3.05 bits per heavy atom. The van der Waals surface area contributed by atoms with Crippen molar-refractivity contribution in [1.82, 2.24) is 10.2 Å². The van der Waals surface area contributed by atoms with E-state index in [1.807, 2.05) is 6.07 Å². The number of nitrogens with one attached hydrogen (secondary N) is 1. The molecule has 0 radical (unpaired) electrons. The van der Waals surface area contributed by atoms with Crippen molar-refractivity contribution in [3.63, 3.8) is 0 Å². The zero-order chi connectivity index (χ0) is 13.7. The number of nitrogens with zero attached hydrogens (tertiary/aromatic N) is 1. The van der Waals surface area contributed by atoms with Crippen molar-refractivity contribution in [3.05, 3.63) is 35.1 Å². The Bertz CT molecular complexity index is 406. The largest absolute Gasteiger partial charge is 0.313 e. The first-order chi connectivity index (χ1) is 9.19. The third kappa shape index (κ3) is 4.29. The Morgan fingerprint density at radius 1 is 1.42 bits per heavy atom. The number of benzene rings is 1. The average molecular weight is 264 g/mol. The molecule has 1 aromatic carbocycles. The quantitative estimate of drug-likeness (QED) is 0.879. The number of piperidine rings is 1. The summed E-state index contributed by atoms with van der Waals surface area (Å²) in [5.41, 5.74) is 2.31. The molecule has 1 atom stereocenters. The van der Waals surface area contributed by atoms with Crippen LogP contribution in [0.4, 0.5) is 4.39 Å². The lowest BCUT2D eigenvalue weighted by molar-refractivity contribution is 0.183. The topological polar surface area (TPSA) is 15.3 Å². The smallest absolute Gasteiger partial charge is 0.123 e. The van der Waals surface area contributed by atoms with Gasteiger partial charge in [0.05, 0.1) is 0 Å². The summed E-state index contributed by atoms with van der Waals surface area (Å²) in [5, 5.41) is 3.60. The fraction of sp³-hybridized carbons (Fsp3) is 0.625. The first kappa shape index (κ1) is 14.5. The van der Waals surface area contributed by atoms with Gasteiger partial charge in [0.2, 0.25) is 0 Å². The number of halogens is 1. The van der Waals surface area contributed by atoms with E-state index in [0.29, 0.717) is 6.04 Å². The van der Waals surface area contributed by atoms with Gasteiger partial charge < -0.3 is 5.32 Å². The molecule has 1 heterocycles. The van der Waals surface area contributed by atoms with Gasteiger partial charge in [-0.1, -0.05) is 13.0 Å². The summed E-state index contributed by atoms with van der Waals surface area (Å²) >= 11 is 0. The van der Waals surface area contributed by atoms with Crippen molar-refractivity contribution in [2.45, 2.75) is 45.7 Å². The molecule has 0 bridgehead atoms. The molecule has 1 aliphatic rings. The third-order valence-corrected chi connectivity index (χ3v) is 3.89. The second-order valence-electron chi connectivity index (χ2n) is 5.60. The summed E-state index contributed by atoms with van der Waals surface area (Å²) in [4.78, 5) is 2.44. The van der Waals surface area contributed by atoms with Crippen LogP contribution in [0.3, 0.4) is 0 Å². The van der Waals surface area contributed by atoms with E-state index in [4.69, 9.17) is 0 Å². The first-order valence-electron chi connectivity index (χ1n) is 7.40. The van der Waals surface area contributed by atoms with E-state index < -0.39 is 0 Å². The van der Waals surface area contributed by atoms with Crippen LogP contribution in [0.2, 0.25) is 0 Å². The van der Waals surface area contributed by atoms with Crippen LogP contribution in [-0.2, 0) is 6.54 Å². The molecular formula is C16H25FN2. The molecule has 1 aliphatic heterocycles. The Morgan fingerprint density at radius 2 is 2.26 bits per heavy atom. The Hall–Kier alpha value is -0.930. The molecule has 2 nitrogen and oxygen atoms in total. The molecule has 1 fully saturated rings. The molecule has 0 aliphatic carbocycles. The zero-order valence-electron chi connectivity index (χ0n) is 12.1. The molecule has 3 heteroatoms. The first-order valence-corrected chi connectivity index (χ1v) is 7.40. The maximum atomic E-state index is 13.3. The molecule has 2 rings (SSSR count). The van der Waals surface area contributed by atoms with E-state index in [0.717, 1.165) is 31.7 Å². The highest BCUT2D eigenvalue weighted by Crippen LogP contribution is 2.17. The van der Waals surface area contributed by atoms with Crippen LogP contribution in [0.1, 0.15) is 37.3 Å². The standard InChI is InChI=1S/C16H25FN2/c1-3-8-18-16-5-4-9-19(12-16)11-14-10-15(17)7-6-13(14)2/h6-7,10,16,18H,3-5,8-9,11-12H2,1-2H3. The summed E-state index contributed by atoms with van der Waals surface area (Å²) in [7, 11) is 0. The Labute approximate surface area is 116 Å². The van der Waals surface area contributed by atoms with Gasteiger partial charge in [-0.25, -0.2) is 4.39 Å². The second-order valence-corrected chi connectivity index (χ2v) is 5.60. The lowest BCUT2D eigenvalue weighted by Gasteiger charge is -2.33. The predicted molar refractivity (Wildman–Crippen MR) is 77.7 cm³/mol. The van der Waals surface area contributed by atoms with Gasteiger partial charge in [0, 0.05) is 19.1 Å². The van der Waals surface area contributed by atoms with Gasteiger partial charge >= 0.3 is 0 Å². The molecule has 0 amide bonds. The molecule has 0 saturated carbocycles. The van der Waals surface area contributed by atoms with Crippen molar-refractivity contribution >= 4 is 0 Å². The third-order valence-electron chi connectivity index (χ3n) is 3.89. The molecular weight excluding hydrogens is 239 g/mol.